The number of alkyl halides is 3. The number of rotatable bonds is 6. The van der Waals surface area contributed by atoms with Crippen molar-refractivity contribution in [2.45, 2.75) is 13.3 Å². The van der Waals surface area contributed by atoms with Crippen LogP contribution in [0.2, 0.25) is 0 Å². The van der Waals surface area contributed by atoms with Gasteiger partial charge < -0.3 is 20.5 Å². The Hall–Kier alpha value is -2.00. The number of halogens is 3. The van der Waals surface area contributed by atoms with Crippen molar-refractivity contribution in [3.63, 3.8) is 0 Å². The summed E-state index contributed by atoms with van der Waals surface area (Å²) >= 11 is 0. The predicted molar refractivity (Wildman–Crippen MR) is 89.7 cm³/mol. The normalized spacial score (nSPS) is 18.0. The maximum absolute atomic E-state index is 12.4. The predicted octanol–water partition coefficient (Wildman–Crippen LogP) is 2.28. The quantitative estimate of drug-likeness (QED) is 0.602. The zero-order valence-electron chi connectivity index (χ0n) is 14.1. The van der Waals surface area contributed by atoms with Crippen molar-refractivity contribution in [1.82, 2.24) is 4.90 Å². The molecule has 6 nitrogen and oxygen atoms in total. The SMILES string of the molecule is CC(CN=C(N)Nc1ccccc1OC(F)(F)F)CN1CCOCC1. The fourth-order valence-corrected chi connectivity index (χ4v) is 2.50. The largest absolute Gasteiger partial charge is 0.573 e. The molecule has 1 aliphatic heterocycles. The first kappa shape index (κ1) is 19.3. The number of anilines is 1. The van der Waals surface area contributed by atoms with E-state index >= 15 is 0 Å². The van der Waals surface area contributed by atoms with Crippen LogP contribution in [0.15, 0.2) is 29.3 Å². The van der Waals surface area contributed by atoms with Crippen LogP contribution in [-0.2, 0) is 4.74 Å². The number of benzene rings is 1. The van der Waals surface area contributed by atoms with E-state index in [0.717, 1.165) is 32.8 Å². The molecule has 0 spiro atoms. The first-order chi connectivity index (χ1) is 11.8. The Morgan fingerprint density at radius 3 is 2.72 bits per heavy atom. The van der Waals surface area contributed by atoms with Gasteiger partial charge in [0, 0.05) is 26.2 Å². The minimum atomic E-state index is -4.77. The third-order valence-electron chi connectivity index (χ3n) is 3.62. The zero-order valence-corrected chi connectivity index (χ0v) is 14.1. The van der Waals surface area contributed by atoms with Crippen LogP contribution in [0.5, 0.6) is 5.75 Å². The maximum atomic E-state index is 12.4. The van der Waals surface area contributed by atoms with Gasteiger partial charge in [0.1, 0.15) is 0 Å². The number of nitrogens with zero attached hydrogens (tertiary/aromatic N) is 2. The first-order valence-electron chi connectivity index (χ1n) is 8.05. The lowest BCUT2D eigenvalue weighted by Gasteiger charge is -2.28. The van der Waals surface area contributed by atoms with Gasteiger partial charge in [-0.05, 0) is 18.1 Å². The van der Waals surface area contributed by atoms with Gasteiger partial charge in [-0.2, -0.15) is 0 Å². The molecule has 0 aliphatic carbocycles. The number of morpholine rings is 1. The molecule has 1 aromatic carbocycles. The van der Waals surface area contributed by atoms with Gasteiger partial charge in [0.25, 0.3) is 0 Å². The summed E-state index contributed by atoms with van der Waals surface area (Å²) < 4.78 is 46.5. The molecule has 1 unspecified atom stereocenters. The molecule has 9 heteroatoms. The molecule has 1 fully saturated rings. The second-order valence-corrected chi connectivity index (χ2v) is 5.91. The molecule has 140 valence electrons. The van der Waals surface area contributed by atoms with Crippen LogP contribution in [0.1, 0.15) is 6.92 Å². The second-order valence-electron chi connectivity index (χ2n) is 5.91. The summed E-state index contributed by atoms with van der Waals surface area (Å²) in [6.07, 6.45) is -4.77. The van der Waals surface area contributed by atoms with Crippen LogP contribution in [0.4, 0.5) is 18.9 Å². The molecule has 0 aromatic heterocycles. The molecular formula is C16H23F3N4O2. The van der Waals surface area contributed by atoms with Crippen LogP contribution in [0.3, 0.4) is 0 Å². The number of ether oxygens (including phenoxy) is 2. The fourth-order valence-electron chi connectivity index (χ4n) is 2.50. The molecule has 2 rings (SSSR count). The third kappa shape index (κ3) is 7.18. The Labute approximate surface area is 144 Å². The Bertz CT molecular complexity index is 575. The molecule has 1 heterocycles. The summed E-state index contributed by atoms with van der Waals surface area (Å²) in [5, 5.41) is 2.66. The van der Waals surface area contributed by atoms with Crippen LogP contribution in [0, 0.1) is 5.92 Å². The lowest BCUT2D eigenvalue weighted by Crippen LogP contribution is -2.39. The fraction of sp³-hybridized carbons (Fsp3) is 0.562. The molecule has 0 bridgehead atoms. The smallest absolute Gasteiger partial charge is 0.404 e. The van der Waals surface area contributed by atoms with E-state index < -0.39 is 6.36 Å². The summed E-state index contributed by atoms with van der Waals surface area (Å²) in [6, 6.07) is 5.69. The van der Waals surface area contributed by atoms with Gasteiger partial charge >= 0.3 is 6.36 Å². The van der Waals surface area contributed by atoms with E-state index in [-0.39, 0.29) is 23.3 Å². The van der Waals surface area contributed by atoms with E-state index in [1.807, 2.05) is 6.92 Å². The van der Waals surface area contributed by atoms with Crippen LogP contribution in [0.25, 0.3) is 0 Å². The summed E-state index contributed by atoms with van der Waals surface area (Å²) in [5.41, 5.74) is 5.90. The molecule has 1 aromatic rings. The van der Waals surface area contributed by atoms with Crippen molar-refractivity contribution in [2.75, 3.05) is 44.7 Å². The highest BCUT2D eigenvalue weighted by molar-refractivity contribution is 5.93. The van der Waals surface area contributed by atoms with E-state index in [2.05, 4.69) is 19.9 Å². The highest BCUT2D eigenvalue weighted by atomic mass is 19.4. The molecule has 25 heavy (non-hydrogen) atoms. The number of guanidine groups is 1. The standard InChI is InChI=1S/C16H23F3N4O2/c1-12(11-23-6-8-24-9-7-23)10-21-15(20)22-13-4-2-3-5-14(13)25-16(17,18)19/h2-5,12H,6-11H2,1H3,(H3,20,21,22). The van der Waals surface area contributed by atoms with Gasteiger partial charge in [0.2, 0.25) is 0 Å². The van der Waals surface area contributed by atoms with E-state index in [0.29, 0.717) is 6.54 Å². The number of nitrogens with two attached hydrogens (primary N) is 1. The maximum Gasteiger partial charge on any atom is 0.573 e. The number of hydrogen-bond donors (Lipinski definition) is 2. The highest BCUT2D eigenvalue weighted by Gasteiger charge is 2.32. The van der Waals surface area contributed by atoms with Crippen molar-refractivity contribution >= 4 is 11.6 Å². The number of hydrogen-bond acceptors (Lipinski definition) is 4. The average Bonchev–Trinajstić information content (AvgIpc) is 2.54. The van der Waals surface area contributed by atoms with E-state index in [1.54, 1.807) is 6.07 Å². The van der Waals surface area contributed by atoms with Crippen molar-refractivity contribution < 1.29 is 22.6 Å². The lowest BCUT2D eigenvalue weighted by atomic mass is 10.1. The molecule has 0 amide bonds. The topological polar surface area (TPSA) is 72.1 Å². The summed E-state index contributed by atoms with van der Waals surface area (Å²) in [5.74, 6) is -0.0401. The second kappa shape index (κ2) is 8.91. The Kier molecular flexibility index (Phi) is 6.89. The Balaban J connectivity index is 1.88. The van der Waals surface area contributed by atoms with Crippen LogP contribution in [-0.4, -0.2) is 56.6 Å². The summed E-state index contributed by atoms with van der Waals surface area (Å²) in [7, 11) is 0. The number of nitrogens with one attached hydrogen (secondary N) is 1. The van der Waals surface area contributed by atoms with Gasteiger partial charge in [-0.15, -0.1) is 13.2 Å². The van der Waals surface area contributed by atoms with Crippen LogP contribution < -0.4 is 15.8 Å². The number of para-hydroxylation sites is 2. The number of aliphatic imine (C=N–C) groups is 1. The highest BCUT2D eigenvalue weighted by Crippen LogP contribution is 2.29. The average molecular weight is 360 g/mol. The van der Waals surface area contributed by atoms with Crippen molar-refractivity contribution in [3.05, 3.63) is 24.3 Å². The molecular weight excluding hydrogens is 337 g/mol. The molecule has 1 atom stereocenters. The minimum absolute atomic E-state index is 0.0482. The van der Waals surface area contributed by atoms with Crippen molar-refractivity contribution in [3.8, 4) is 5.75 Å². The van der Waals surface area contributed by atoms with Crippen molar-refractivity contribution in [1.29, 1.82) is 0 Å². The first-order valence-corrected chi connectivity index (χ1v) is 8.05. The van der Waals surface area contributed by atoms with E-state index in [4.69, 9.17) is 10.5 Å². The van der Waals surface area contributed by atoms with Gasteiger partial charge in [0.15, 0.2) is 11.7 Å². The summed E-state index contributed by atoms with van der Waals surface area (Å²) in [4.78, 5) is 6.50. The molecule has 1 aliphatic rings. The van der Waals surface area contributed by atoms with Gasteiger partial charge in [-0.25, -0.2) is 0 Å². The van der Waals surface area contributed by atoms with Gasteiger partial charge in [-0.1, -0.05) is 19.1 Å². The Morgan fingerprint density at radius 2 is 2.04 bits per heavy atom. The molecule has 0 saturated carbocycles. The third-order valence-corrected chi connectivity index (χ3v) is 3.62. The van der Waals surface area contributed by atoms with E-state index in [9.17, 15) is 13.2 Å². The van der Waals surface area contributed by atoms with Gasteiger partial charge in [-0.3, -0.25) is 9.89 Å². The molecule has 1 saturated heterocycles. The summed E-state index contributed by atoms with van der Waals surface area (Å²) in [6.45, 7) is 6.64. The van der Waals surface area contributed by atoms with Gasteiger partial charge in [0.05, 0.1) is 18.9 Å². The Morgan fingerprint density at radius 1 is 1.36 bits per heavy atom. The molecule has 0 radical (unpaired) electrons. The zero-order chi connectivity index (χ0) is 18.3. The monoisotopic (exact) mass is 360 g/mol. The molecule has 3 N–H and O–H groups in total. The lowest BCUT2D eigenvalue weighted by molar-refractivity contribution is -0.274. The minimum Gasteiger partial charge on any atom is -0.404 e. The van der Waals surface area contributed by atoms with Crippen LogP contribution >= 0.6 is 0 Å². The van der Waals surface area contributed by atoms with E-state index in [1.165, 1.54) is 18.2 Å². The van der Waals surface area contributed by atoms with Crippen molar-refractivity contribution in [2.24, 2.45) is 16.6 Å².